The van der Waals surface area contributed by atoms with Crippen LogP contribution in [0.3, 0.4) is 0 Å². The Bertz CT molecular complexity index is 385. The minimum Gasteiger partial charge on any atom is -0.385 e. The Hall–Kier alpha value is -1.04. The molecule has 98 valence electrons. The molecule has 4 nitrogen and oxygen atoms in total. The molecular formula is C13H19N3OS. The van der Waals surface area contributed by atoms with Crippen molar-refractivity contribution in [2.24, 2.45) is 5.73 Å². The number of thioether (sulfide) groups is 1. The van der Waals surface area contributed by atoms with Crippen molar-refractivity contribution < 1.29 is 4.74 Å². The smallest absolute Gasteiger partial charge is 0.127 e. The number of ether oxygens (including phenoxy) is 1. The maximum atomic E-state index is 7.41. The summed E-state index contributed by atoms with van der Waals surface area (Å²) < 4.78 is 5.44. The average Bonchev–Trinajstić information content (AvgIpc) is 2.40. The minimum absolute atomic E-state index is 0.135. The third kappa shape index (κ3) is 4.01. The molecule has 3 N–H and O–H groups in total. The Morgan fingerprint density at radius 1 is 1.44 bits per heavy atom. The van der Waals surface area contributed by atoms with Crippen molar-refractivity contribution >= 4 is 17.6 Å². The Kier molecular flexibility index (Phi) is 5.04. The fourth-order valence-electron chi connectivity index (χ4n) is 1.90. The van der Waals surface area contributed by atoms with Crippen molar-refractivity contribution in [1.82, 2.24) is 4.90 Å². The first-order chi connectivity index (χ1) is 8.75. The number of hydrogen-bond donors (Lipinski definition) is 2. The number of nitrogens with two attached hydrogens (primary N) is 1. The molecule has 0 aromatic heterocycles. The van der Waals surface area contributed by atoms with Crippen molar-refractivity contribution in [3.05, 3.63) is 30.3 Å². The van der Waals surface area contributed by atoms with E-state index in [1.54, 1.807) is 0 Å². The molecule has 1 unspecified atom stereocenters. The molecule has 0 amide bonds. The van der Waals surface area contributed by atoms with Crippen LogP contribution in [0.2, 0.25) is 0 Å². The number of benzene rings is 1. The van der Waals surface area contributed by atoms with E-state index < -0.39 is 0 Å². The summed E-state index contributed by atoms with van der Waals surface area (Å²) in [5, 5.41) is 7.41. The summed E-state index contributed by atoms with van der Waals surface area (Å²) in [6, 6.07) is 10.4. The topological polar surface area (TPSA) is 62.3 Å². The van der Waals surface area contributed by atoms with E-state index in [0.717, 1.165) is 25.4 Å². The van der Waals surface area contributed by atoms with E-state index in [0.29, 0.717) is 6.61 Å². The molecule has 2 rings (SSSR count). The van der Waals surface area contributed by atoms with Crippen LogP contribution in [0.1, 0.15) is 0 Å². The number of nitrogens with one attached hydrogen (secondary N) is 1. The standard InChI is InChI=1S/C13H19N3OS/c14-13(15)12-10-16(6-8-17-12)7-9-18-11-4-2-1-3-5-11/h1-5,12H,6-10H2,(H3,14,15). The lowest BCUT2D eigenvalue weighted by molar-refractivity contribution is 0.00830. The van der Waals surface area contributed by atoms with Gasteiger partial charge in [0.2, 0.25) is 0 Å². The molecule has 1 fully saturated rings. The lowest BCUT2D eigenvalue weighted by atomic mass is 10.2. The zero-order valence-corrected chi connectivity index (χ0v) is 11.2. The molecule has 1 aliphatic rings. The van der Waals surface area contributed by atoms with Gasteiger partial charge in [0.15, 0.2) is 0 Å². The lowest BCUT2D eigenvalue weighted by Gasteiger charge is -2.32. The summed E-state index contributed by atoms with van der Waals surface area (Å²) in [7, 11) is 0. The van der Waals surface area contributed by atoms with Gasteiger partial charge in [-0.25, -0.2) is 0 Å². The molecule has 0 bridgehead atoms. The summed E-state index contributed by atoms with van der Waals surface area (Å²) >= 11 is 1.86. The van der Waals surface area contributed by atoms with Crippen LogP contribution < -0.4 is 5.73 Å². The Morgan fingerprint density at radius 2 is 2.22 bits per heavy atom. The van der Waals surface area contributed by atoms with Gasteiger partial charge < -0.3 is 10.5 Å². The molecule has 1 atom stereocenters. The number of morpholine rings is 1. The predicted octanol–water partition coefficient (Wildman–Crippen LogP) is 1.42. The highest BCUT2D eigenvalue weighted by Crippen LogP contribution is 2.17. The van der Waals surface area contributed by atoms with Crippen molar-refractivity contribution in [2.75, 3.05) is 32.0 Å². The second kappa shape index (κ2) is 6.78. The molecule has 0 radical (unpaired) electrons. The Balaban J connectivity index is 1.72. The largest absolute Gasteiger partial charge is 0.385 e. The van der Waals surface area contributed by atoms with E-state index in [1.807, 2.05) is 17.8 Å². The van der Waals surface area contributed by atoms with Crippen LogP contribution in [0.5, 0.6) is 0 Å². The predicted molar refractivity (Wildman–Crippen MR) is 75.3 cm³/mol. The minimum atomic E-state index is -0.222. The summed E-state index contributed by atoms with van der Waals surface area (Å²) in [6.45, 7) is 3.34. The van der Waals surface area contributed by atoms with Gasteiger partial charge >= 0.3 is 0 Å². The van der Waals surface area contributed by atoms with Gasteiger partial charge in [0.1, 0.15) is 11.9 Å². The third-order valence-electron chi connectivity index (χ3n) is 2.92. The van der Waals surface area contributed by atoms with E-state index in [9.17, 15) is 0 Å². The van der Waals surface area contributed by atoms with Crippen molar-refractivity contribution in [3.8, 4) is 0 Å². The molecule has 0 spiro atoms. The average molecular weight is 265 g/mol. The summed E-state index contributed by atoms with van der Waals surface area (Å²) in [5.74, 6) is 1.18. The maximum Gasteiger partial charge on any atom is 0.127 e. The van der Waals surface area contributed by atoms with Crippen LogP contribution >= 0.6 is 11.8 Å². The van der Waals surface area contributed by atoms with Crippen LogP contribution in [0, 0.1) is 5.41 Å². The van der Waals surface area contributed by atoms with Gasteiger partial charge in [0.25, 0.3) is 0 Å². The van der Waals surface area contributed by atoms with E-state index >= 15 is 0 Å². The van der Waals surface area contributed by atoms with Crippen molar-refractivity contribution in [2.45, 2.75) is 11.0 Å². The third-order valence-corrected chi connectivity index (χ3v) is 3.91. The van der Waals surface area contributed by atoms with Gasteiger partial charge in [-0.2, -0.15) is 0 Å². The zero-order valence-electron chi connectivity index (χ0n) is 10.3. The highest BCUT2D eigenvalue weighted by molar-refractivity contribution is 7.99. The molecule has 0 saturated carbocycles. The van der Waals surface area contributed by atoms with Crippen LogP contribution in [0.15, 0.2) is 35.2 Å². The Morgan fingerprint density at radius 3 is 2.94 bits per heavy atom. The van der Waals surface area contributed by atoms with E-state index in [-0.39, 0.29) is 11.9 Å². The van der Waals surface area contributed by atoms with Crippen LogP contribution in [0.25, 0.3) is 0 Å². The summed E-state index contributed by atoms with van der Waals surface area (Å²) in [4.78, 5) is 3.61. The van der Waals surface area contributed by atoms with Gasteiger partial charge in [0, 0.05) is 30.3 Å². The normalized spacial score (nSPS) is 20.8. The SMILES string of the molecule is N=C(N)C1CN(CCSc2ccccc2)CCO1. The lowest BCUT2D eigenvalue weighted by Crippen LogP contribution is -2.48. The van der Waals surface area contributed by atoms with Gasteiger partial charge in [-0.05, 0) is 12.1 Å². The first kappa shape index (κ1) is 13.4. The summed E-state index contributed by atoms with van der Waals surface area (Å²) in [6.07, 6.45) is -0.222. The van der Waals surface area contributed by atoms with Crippen molar-refractivity contribution in [1.29, 1.82) is 5.41 Å². The van der Waals surface area contributed by atoms with Gasteiger partial charge in [-0.3, -0.25) is 10.3 Å². The maximum absolute atomic E-state index is 7.41. The molecule has 1 aliphatic heterocycles. The fraction of sp³-hybridized carbons (Fsp3) is 0.462. The van der Waals surface area contributed by atoms with Gasteiger partial charge in [-0.1, -0.05) is 18.2 Å². The number of nitrogens with zero attached hydrogens (tertiary/aromatic N) is 1. The quantitative estimate of drug-likeness (QED) is 0.480. The molecule has 1 saturated heterocycles. The Labute approximate surface area is 112 Å². The van der Waals surface area contributed by atoms with E-state index in [1.165, 1.54) is 4.90 Å². The molecule has 0 aliphatic carbocycles. The second-order valence-electron chi connectivity index (χ2n) is 4.28. The molecule has 1 aromatic carbocycles. The summed E-state index contributed by atoms with van der Waals surface area (Å²) in [5.41, 5.74) is 5.48. The highest BCUT2D eigenvalue weighted by Gasteiger charge is 2.21. The molecule has 5 heteroatoms. The number of rotatable bonds is 5. The van der Waals surface area contributed by atoms with Crippen LogP contribution in [0.4, 0.5) is 0 Å². The van der Waals surface area contributed by atoms with E-state index in [2.05, 4.69) is 29.2 Å². The van der Waals surface area contributed by atoms with Gasteiger partial charge in [0.05, 0.1) is 6.61 Å². The first-order valence-corrected chi connectivity index (χ1v) is 7.10. The molecule has 1 heterocycles. The molecular weight excluding hydrogens is 246 g/mol. The fourth-order valence-corrected chi connectivity index (χ4v) is 2.84. The second-order valence-corrected chi connectivity index (χ2v) is 5.45. The van der Waals surface area contributed by atoms with E-state index in [4.69, 9.17) is 15.9 Å². The first-order valence-electron chi connectivity index (χ1n) is 6.11. The zero-order chi connectivity index (χ0) is 12.8. The number of amidine groups is 1. The number of hydrogen-bond acceptors (Lipinski definition) is 4. The molecule has 1 aromatic rings. The van der Waals surface area contributed by atoms with Crippen molar-refractivity contribution in [3.63, 3.8) is 0 Å². The highest BCUT2D eigenvalue weighted by atomic mass is 32.2. The van der Waals surface area contributed by atoms with Crippen LogP contribution in [-0.4, -0.2) is 48.8 Å². The molecule has 18 heavy (non-hydrogen) atoms. The monoisotopic (exact) mass is 265 g/mol. The van der Waals surface area contributed by atoms with Crippen LogP contribution in [-0.2, 0) is 4.74 Å². The van der Waals surface area contributed by atoms with Gasteiger partial charge in [-0.15, -0.1) is 11.8 Å².